The zero-order chi connectivity index (χ0) is 18.0. The highest BCUT2D eigenvalue weighted by Gasteiger charge is 2.13. The molecule has 4 heteroatoms. The van der Waals surface area contributed by atoms with Gasteiger partial charge in [-0.25, -0.2) is 4.79 Å². The first kappa shape index (κ1) is 19.8. The number of esters is 1. The van der Waals surface area contributed by atoms with Gasteiger partial charge in [0.15, 0.2) is 0 Å². The van der Waals surface area contributed by atoms with Gasteiger partial charge in [-0.05, 0) is 25.3 Å². The minimum Gasteiger partial charge on any atom is -0.494 e. The van der Waals surface area contributed by atoms with E-state index in [9.17, 15) is 4.79 Å². The molecule has 0 fully saturated rings. The van der Waals surface area contributed by atoms with E-state index in [0.717, 1.165) is 11.3 Å². The second-order valence-corrected chi connectivity index (χ2v) is 6.60. The van der Waals surface area contributed by atoms with Gasteiger partial charge in [-0.15, -0.1) is 0 Å². The predicted molar refractivity (Wildman–Crippen MR) is 96.2 cm³/mol. The summed E-state index contributed by atoms with van der Waals surface area (Å²) in [5.74, 6) is 0.883. The molecular formula is C20H28O4. The molecule has 24 heavy (non-hydrogen) atoms. The Hall–Kier alpha value is -2.23. The Bertz CT molecular complexity index is 565. The van der Waals surface area contributed by atoms with Crippen molar-refractivity contribution in [2.24, 2.45) is 5.41 Å². The molecule has 1 rings (SSSR count). The van der Waals surface area contributed by atoms with Gasteiger partial charge in [-0.2, -0.15) is 0 Å². The predicted octanol–water partition coefficient (Wildman–Crippen LogP) is 4.57. The molecule has 1 aromatic carbocycles. The van der Waals surface area contributed by atoms with Crippen molar-refractivity contribution in [3.63, 3.8) is 0 Å². The van der Waals surface area contributed by atoms with Crippen LogP contribution in [-0.2, 0) is 19.0 Å². The van der Waals surface area contributed by atoms with Gasteiger partial charge < -0.3 is 14.2 Å². The van der Waals surface area contributed by atoms with Crippen molar-refractivity contribution in [3.8, 4) is 0 Å². The zero-order valence-corrected chi connectivity index (χ0v) is 15.3. The van der Waals surface area contributed by atoms with Gasteiger partial charge in [0.25, 0.3) is 0 Å². The highest BCUT2D eigenvalue weighted by molar-refractivity contribution is 5.82. The SMILES string of the molecule is CCOC(=O)/C=C(\C)OC/C=C(/OCC(C)(C)C)c1ccccc1. The summed E-state index contributed by atoms with van der Waals surface area (Å²) in [6.45, 7) is 11.1. The number of carbonyl (C=O) groups excluding carboxylic acids is 1. The van der Waals surface area contributed by atoms with Crippen molar-refractivity contribution < 1.29 is 19.0 Å². The van der Waals surface area contributed by atoms with E-state index in [0.29, 0.717) is 25.6 Å². The summed E-state index contributed by atoms with van der Waals surface area (Å²) >= 11 is 0. The van der Waals surface area contributed by atoms with E-state index >= 15 is 0 Å². The van der Waals surface area contributed by atoms with E-state index in [1.54, 1.807) is 13.8 Å². The van der Waals surface area contributed by atoms with Crippen LogP contribution in [0.3, 0.4) is 0 Å². The summed E-state index contributed by atoms with van der Waals surface area (Å²) in [6, 6.07) is 9.89. The number of hydrogen-bond acceptors (Lipinski definition) is 4. The molecule has 0 unspecified atom stereocenters. The van der Waals surface area contributed by atoms with Crippen LogP contribution in [0.25, 0.3) is 5.76 Å². The van der Waals surface area contributed by atoms with Crippen LogP contribution in [0.2, 0.25) is 0 Å². The van der Waals surface area contributed by atoms with Crippen LogP contribution in [0.1, 0.15) is 40.2 Å². The second kappa shape index (κ2) is 9.81. The largest absolute Gasteiger partial charge is 0.494 e. The molecule has 0 saturated heterocycles. The van der Waals surface area contributed by atoms with Crippen LogP contribution in [0.5, 0.6) is 0 Å². The van der Waals surface area contributed by atoms with E-state index in [1.807, 2.05) is 36.4 Å². The quantitative estimate of drug-likeness (QED) is 0.397. The summed E-state index contributed by atoms with van der Waals surface area (Å²) < 4.78 is 16.4. The van der Waals surface area contributed by atoms with Gasteiger partial charge in [-0.1, -0.05) is 51.1 Å². The molecule has 0 bridgehead atoms. The van der Waals surface area contributed by atoms with Crippen molar-refractivity contribution in [1.82, 2.24) is 0 Å². The van der Waals surface area contributed by atoms with E-state index in [2.05, 4.69) is 20.8 Å². The molecule has 0 spiro atoms. The van der Waals surface area contributed by atoms with Crippen LogP contribution in [0, 0.1) is 5.41 Å². The smallest absolute Gasteiger partial charge is 0.334 e. The number of hydrogen-bond donors (Lipinski definition) is 0. The lowest BCUT2D eigenvalue weighted by atomic mass is 9.98. The maximum Gasteiger partial charge on any atom is 0.334 e. The molecule has 0 saturated carbocycles. The first-order chi connectivity index (χ1) is 11.3. The average Bonchev–Trinajstić information content (AvgIpc) is 2.50. The molecule has 0 aliphatic carbocycles. The summed E-state index contributed by atoms with van der Waals surface area (Å²) in [4.78, 5) is 11.4. The number of rotatable bonds is 8. The number of benzene rings is 1. The minimum atomic E-state index is -0.397. The third-order valence-electron chi connectivity index (χ3n) is 2.91. The summed E-state index contributed by atoms with van der Waals surface area (Å²) in [6.07, 6.45) is 3.22. The van der Waals surface area contributed by atoms with Gasteiger partial charge >= 0.3 is 5.97 Å². The molecule has 0 aliphatic heterocycles. The first-order valence-electron chi connectivity index (χ1n) is 8.18. The van der Waals surface area contributed by atoms with Gasteiger partial charge in [0.1, 0.15) is 18.1 Å². The van der Waals surface area contributed by atoms with Crippen molar-refractivity contribution >= 4 is 11.7 Å². The molecule has 0 heterocycles. The van der Waals surface area contributed by atoms with Crippen LogP contribution in [-0.4, -0.2) is 25.8 Å². The topological polar surface area (TPSA) is 44.8 Å². The Morgan fingerprint density at radius 3 is 2.33 bits per heavy atom. The van der Waals surface area contributed by atoms with Gasteiger partial charge in [0, 0.05) is 5.56 Å². The summed E-state index contributed by atoms with van der Waals surface area (Å²) in [5, 5.41) is 0. The van der Waals surface area contributed by atoms with Crippen molar-refractivity contribution in [2.75, 3.05) is 19.8 Å². The molecule has 0 aromatic heterocycles. The van der Waals surface area contributed by atoms with Gasteiger partial charge in [-0.3, -0.25) is 0 Å². The van der Waals surface area contributed by atoms with E-state index in [1.165, 1.54) is 6.08 Å². The zero-order valence-electron chi connectivity index (χ0n) is 15.3. The maximum atomic E-state index is 11.4. The Morgan fingerprint density at radius 2 is 1.75 bits per heavy atom. The first-order valence-corrected chi connectivity index (χ1v) is 8.18. The van der Waals surface area contributed by atoms with Crippen LogP contribution < -0.4 is 0 Å². The molecule has 0 amide bonds. The number of carbonyl (C=O) groups is 1. The lowest BCUT2D eigenvalue weighted by Crippen LogP contribution is -2.14. The Labute approximate surface area is 145 Å². The third kappa shape index (κ3) is 8.42. The molecule has 4 nitrogen and oxygen atoms in total. The Balaban J connectivity index is 2.73. The highest BCUT2D eigenvalue weighted by atomic mass is 16.5. The lowest BCUT2D eigenvalue weighted by molar-refractivity contribution is -0.137. The van der Waals surface area contributed by atoms with Gasteiger partial charge in [0.05, 0.1) is 19.3 Å². The van der Waals surface area contributed by atoms with E-state index in [-0.39, 0.29) is 5.41 Å². The normalized spacial score (nSPS) is 12.7. The van der Waals surface area contributed by atoms with Crippen LogP contribution in [0.15, 0.2) is 48.2 Å². The lowest BCUT2D eigenvalue weighted by Gasteiger charge is -2.20. The molecule has 0 aliphatic rings. The van der Waals surface area contributed by atoms with Crippen molar-refractivity contribution in [3.05, 3.63) is 53.8 Å². The van der Waals surface area contributed by atoms with Gasteiger partial charge in [0.2, 0.25) is 0 Å². The van der Waals surface area contributed by atoms with Crippen molar-refractivity contribution in [1.29, 1.82) is 0 Å². The van der Waals surface area contributed by atoms with Crippen LogP contribution in [0.4, 0.5) is 0 Å². The monoisotopic (exact) mass is 332 g/mol. The fraction of sp³-hybridized carbons (Fsp3) is 0.450. The molecule has 132 valence electrons. The maximum absolute atomic E-state index is 11.4. The fourth-order valence-electron chi connectivity index (χ4n) is 1.80. The Morgan fingerprint density at radius 1 is 1.08 bits per heavy atom. The summed E-state index contributed by atoms with van der Waals surface area (Å²) in [7, 11) is 0. The molecule has 0 atom stereocenters. The average molecular weight is 332 g/mol. The molecular weight excluding hydrogens is 304 g/mol. The molecule has 1 aromatic rings. The van der Waals surface area contributed by atoms with Crippen molar-refractivity contribution in [2.45, 2.75) is 34.6 Å². The third-order valence-corrected chi connectivity index (χ3v) is 2.91. The highest BCUT2D eigenvalue weighted by Crippen LogP contribution is 2.21. The molecule has 0 N–H and O–H groups in total. The number of allylic oxidation sites excluding steroid dienone is 1. The van der Waals surface area contributed by atoms with E-state index in [4.69, 9.17) is 14.2 Å². The Kier molecular flexibility index (Phi) is 8.10. The standard InChI is InChI=1S/C20H28O4/c1-6-22-19(21)14-16(2)23-13-12-18(24-15-20(3,4)5)17-10-8-7-9-11-17/h7-12,14H,6,13,15H2,1-5H3/b16-14+,18-12+. The van der Waals surface area contributed by atoms with E-state index < -0.39 is 5.97 Å². The minimum absolute atomic E-state index is 0.0639. The summed E-state index contributed by atoms with van der Waals surface area (Å²) in [5.41, 5.74) is 1.06. The van der Waals surface area contributed by atoms with Crippen LogP contribution >= 0.6 is 0 Å². The second-order valence-electron chi connectivity index (χ2n) is 6.60. The molecule has 0 radical (unpaired) electrons. The fourth-order valence-corrected chi connectivity index (χ4v) is 1.80. The number of ether oxygens (including phenoxy) is 3.